The molecule has 1 aliphatic rings. The molecule has 1 aromatic heterocycles. The van der Waals surface area contributed by atoms with Gasteiger partial charge in [0.05, 0.1) is 18.3 Å². The van der Waals surface area contributed by atoms with Crippen molar-refractivity contribution in [3.05, 3.63) is 63.4 Å². The van der Waals surface area contributed by atoms with Crippen LogP contribution in [-0.2, 0) is 6.42 Å². The molecule has 0 bridgehead atoms. The highest BCUT2D eigenvalue weighted by Crippen LogP contribution is 2.36. The molecule has 0 spiro atoms. The first-order chi connectivity index (χ1) is 10.8. The smallest absolute Gasteiger partial charge is 0.282 e. The van der Waals surface area contributed by atoms with Gasteiger partial charge in [0.25, 0.3) is 0 Å². The first kappa shape index (κ1) is 16.5. The Bertz CT molecular complexity index is 698. The molecule has 0 radical (unpaired) electrons. The molecule has 1 aliphatic heterocycles. The zero-order valence-corrected chi connectivity index (χ0v) is 14.2. The van der Waals surface area contributed by atoms with E-state index in [2.05, 4.69) is 27.0 Å². The Kier molecular flexibility index (Phi) is 4.47. The highest BCUT2D eigenvalue weighted by Gasteiger charge is 2.37. The third-order valence-corrected chi connectivity index (χ3v) is 4.51. The largest absolute Gasteiger partial charge is 0.401 e. The van der Waals surface area contributed by atoms with Gasteiger partial charge < -0.3 is 0 Å². The lowest BCUT2D eigenvalue weighted by Crippen LogP contribution is -2.42. The fourth-order valence-corrected chi connectivity index (χ4v) is 3.34. The molecule has 0 fully saturated rings. The molecule has 0 saturated carbocycles. The molecule has 2 heterocycles. The van der Waals surface area contributed by atoms with E-state index in [1.807, 2.05) is 25.1 Å². The molecule has 0 saturated heterocycles. The normalized spacial score (nSPS) is 18.7. The van der Waals surface area contributed by atoms with E-state index in [0.717, 1.165) is 21.2 Å². The van der Waals surface area contributed by atoms with Crippen molar-refractivity contribution in [3.8, 4) is 0 Å². The van der Waals surface area contributed by atoms with E-state index in [1.165, 1.54) is 4.90 Å². The predicted octanol–water partition coefficient (Wildman–Crippen LogP) is 4.66. The van der Waals surface area contributed by atoms with Crippen LogP contribution >= 0.6 is 15.9 Å². The number of pyridine rings is 1. The lowest BCUT2D eigenvalue weighted by molar-refractivity contribution is -0.150. The third-order valence-electron chi connectivity index (χ3n) is 4.04. The number of nitrogens with zero attached hydrogens (tertiary/aromatic N) is 2. The second-order valence-electron chi connectivity index (χ2n) is 5.84. The molecule has 0 amide bonds. The maximum absolute atomic E-state index is 13.0. The molecule has 0 N–H and O–H groups in total. The second kappa shape index (κ2) is 6.24. The molecular weight excluding hydrogens is 369 g/mol. The summed E-state index contributed by atoms with van der Waals surface area (Å²) in [6, 6.07) is 9.08. The summed E-state index contributed by atoms with van der Waals surface area (Å²) in [7, 11) is 0. The molecule has 6 heteroatoms. The van der Waals surface area contributed by atoms with Gasteiger partial charge >= 0.3 is 6.18 Å². The number of fused-ring (bicyclic) bond motifs is 1. The van der Waals surface area contributed by atoms with Crippen molar-refractivity contribution in [1.29, 1.82) is 0 Å². The van der Waals surface area contributed by atoms with Crippen molar-refractivity contribution in [2.75, 3.05) is 13.1 Å². The summed E-state index contributed by atoms with van der Waals surface area (Å²) in [6.45, 7) is 1.44. The van der Waals surface area contributed by atoms with Crippen LogP contribution in [0.15, 0.2) is 41.0 Å². The molecule has 23 heavy (non-hydrogen) atoms. The van der Waals surface area contributed by atoms with Gasteiger partial charge in [0.15, 0.2) is 0 Å². The topological polar surface area (TPSA) is 16.1 Å². The number of alkyl halides is 3. The van der Waals surface area contributed by atoms with Crippen molar-refractivity contribution in [3.63, 3.8) is 0 Å². The fourth-order valence-electron chi connectivity index (χ4n) is 3.10. The van der Waals surface area contributed by atoms with Gasteiger partial charge in [-0.3, -0.25) is 9.88 Å². The second-order valence-corrected chi connectivity index (χ2v) is 6.76. The lowest BCUT2D eigenvalue weighted by atomic mass is 9.89. The molecule has 1 aromatic carbocycles. The molecule has 1 atom stereocenters. The molecule has 2 nitrogen and oxygen atoms in total. The average molecular weight is 385 g/mol. The number of aromatic nitrogens is 1. The van der Waals surface area contributed by atoms with E-state index in [-0.39, 0.29) is 0 Å². The first-order valence-electron chi connectivity index (χ1n) is 7.35. The zero-order chi connectivity index (χ0) is 16.6. The first-order valence-corrected chi connectivity index (χ1v) is 8.14. The van der Waals surface area contributed by atoms with E-state index in [1.54, 1.807) is 12.3 Å². The quantitative estimate of drug-likeness (QED) is 0.748. The SMILES string of the molecule is Cc1ccc2c(c1)CCN(CC(F)(F)F)C2c1ccc(Br)cn1. The van der Waals surface area contributed by atoms with Crippen molar-refractivity contribution < 1.29 is 13.2 Å². The summed E-state index contributed by atoms with van der Waals surface area (Å²) >= 11 is 3.32. The third kappa shape index (κ3) is 3.75. The maximum Gasteiger partial charge on any atom is 0.401 e. The van der Waals surface area contributed by atoms with Gasteiger partial charge in [-0.05, 0) is 52.5 Å². The van der Waals surface area contributed by atoms with Crippen LogP contribution in [-0.4, -0.2) is 29.1 Å². The van der Waals surface area contributed by atoms with Crippen LogP contribution in [0.3, 0.4) is 0 Å². The Labute approximate surface area is 141 Å². The highest BCUT2D eigenvalue weighted by molar-refractivity contribution is 9.10. The monoisotopic (exact) mass is 384 g/mol. The minimum absolute atomic E-state index is 0.373. The number of hydrogen-bond donors (Lipinski definition) is 0. The van der Waals surface area contributed by atoms with Crippen LogP contribution in [0.4, 0.5) is 13.2 Å². The summed E-state index contributed by atoms with van der Waals surface area (Å²) in [4.78, 5) is 5.81. The van der Waals surface area contributed by atoms with Gasteiger partial charge in [-0.1, -0.05) is 23.8 Å². The Hall–Kier alpha value is -1.40. The van der Waals surface area contributed by atoms with Gasteiger partial charge in [-0.2, -0.15) is 13.2 Å². The molecule has 2 aromatic rings. The van der Waals surface area contributed by atoms with Crippen molar-refractivity contribution in [2.24, 2.45) is 0 Å². The Morgan fingerprint density at radius 3 is 2.70 bits per heavy atom. The van der Waals surface area contributed by atoms with Crippen LogP contribution in [0.5, 0.6) is 0 Å². The van der Waals surface area contributed by atoms with E-state index in [9.17, 15) is 13.2 Å². The van der Waals surface area contributed by atoms with Crippen molar-refractivity contribution in [1.82, 2.24) is 9.88 Å². The highest BCUT2D eigenvalue weighted by atomic mass is 79.9. The summed E-state index contributed by atoms with van der Waals surface area (Å²) in [5, 5.41) is 0. The Morgan fingerprint density at radius 2 is 2.04 bits per heavy atom. The van der Waals surface area contributed by atoms with Crippen LogP contribution in [0.2, 0.25) is 0 Å². The van der Waals surface area contributed by atoms with Crippen molar-refractivity contribution in [2.45, 2.75) is 25.6 Å². The minimum Gasteiger partial charge on any atom is -0.282 e. The number of hydrogen-bond acceptors (Lipinski definition) is 2. The Balaban J connectivity index is 2.05. The van der Waals surface area contributed by atoms with Crippen LogP contribution in [0.1, 0.15) is 28.4 Å². The zero-order valence-electron chi connectivity index (χ0n) is 12.6. The van der Waals surface area contributed by atoms with E-state index in [0.29, 0.717) is 18.7 Å². The van der Waals surface area contributed by atoms with Crippen LogP contribution < -0.4 is 0 Å². The molecule has 3 rings (SSSR count). The van der Waals surface area contributed by atoms with Gasteiger partial charge in [-0.25, -0.2) is 0 Å². The number of aryl methyl sites for hydroxylation is 1. The van der Waals surface area contributed by atoms with Crippen molar-refractivity contribution >= 4 is 15.9 Å². The van der Waals surface area contributed by atoms with Gasteiger partial charge in [0.2, 0.25) is 0 Å². The molecule has 1 unspecified atom stereocenters. The van der Waals surface area contributed by atoms with Crippen LogP contribution in [0.25, 0.3) is 0 Å². The van der Waals surface area contributed by atoms with Gasteiger partial charge in [0, 0.05) is 17.2 Å². The minimum atomic E-state index is -4.23. The maximum atomic E-state index is 13.0. The molecule has 0 aliphatic carbocycles. The van der Waals surface area contributed by atoms with Gasteiger partial charge in [0.1, 0.15) is 0 Å². The van der Waals surface area contributed by atoms with E-state index >= 15 is 0 Å². The Morgan fingerprint density at radius 1 is 1.26 bits per heavy atom. The summed E-state index contributed by atoms with van der Waals surface area (Å²) in [6.07, 6.45) is -1.97. The van der Waals surface area contributed by atoms with E-state index in [4.69, 9.17) is 0 Å². The predicted molar refractivity (Wildman–Crippen MR) is 86.3 cm³/mol. The number of halogens is 4. The van der Waals surface area contributed by atoms with E-state index < -0.39 is 18.8 Å². The van der Waals surface area contributed by atoms with Crippen LogP contribution in [0, 0.1) is 6.92 Å². The molecule has 122 valence electrons. The standard InChI is InChI=1S/C17H16BrF3N2/c1-11-2-4-14-12(8-11)6-7-23(10-17(19,20)21)16(14)15-5-3-13(18)9-22-15/h2-5,8-9,16H,6-7,10H2,1H3. The average Bonchev–Trinajstić information content (AvgIpc) is 2.47. The number of benzene rings is 1. The van der Waals surface area contributed by atoms with Gasteiger partial charge in [-0.15, -0.1) is 0 Å². The summed E-state index contributed by atoms with van der Waals surface area (Å²) in [5.74, 6) is 0. The summed E-state index contributed by atoms with van der Waals surface area (Å²) < 4.78 is 39.7. The molecular formula is C17H16BrF3N2. The lowest BCUT2D eigenvalue weighted by Gasteiger charge is -2.37. The fraction of sp³-hybridized carbons (Fsp3) is 0.353. The number of rotatable bonds is 2. The summed E-state index contributed by atoms with van der Waals surface area (Å²) in [5.41, 5.74) is 3.79.